The molecule has 2 N–H and O–H groups in total. The highest BCUT2D eigenvalue weighted by Crippen LogP contribution is 2.05. The maximum absolute atomic E-state index is 10.4. The van der Waals surface area contributed by atoms with E-state index in [4.69, 9.17) is 10.2 Å². The molecule has 0 aromatic heterocycles. The van der Waals surface area contributed by atoms with Crippen LogP contribution in [0.2, 0.25) is 0 Å². The van der Waals surface area contributed by atoms with Gasteiger partial charge in [0.1, 0.15) is 0 Å². The smallest absolute Gasteiger partial charge is 0.335 e. The second-order valence-electron chi connectivity index (χ2n) is 3.04. The van der Waals surface area contributed by atoms with Crippen LogP contribution in [0, 0.1) is 6.92 Å². The van der Waals surface area contributed by atoms with Gasteiger partial charge in [-0.25, -0.2) is 4.79 Å². The Morgan fingerprint density at radius 3 is 1.68 bits per heavy atom. The lowest BCUT2D eigenvalue weighted by Crippen LogP contribution is -1.97. The summed E-state index contributed by atoms with van der Waals surface area (Å²) in [5.41, 5.74) is 1.18. The molecule has 0 aliphatic carbocycles. The van der Waals surface area contributed by atoms with Gasteiger partial charge in [-0.05, 0) is 18.6 Å². The highest BCUT2D eigenvalue weighted by atomic mass is 16.4. The lowest BCUT2D eigenvalue weighted by molar-refractivity contribution is 0.0696. The zero-order chi connectivity index (χ0) is 15.8. The van der Waals surface area contributed by atoms with Crippen LogP contribution < -0.4 is 0 Å². The van der Waals surface area contributed by atoms with Gasteiger partial charge in [-0.2, -0.15) is 0 Å². The summed E-state index contributed by atoms with van der Waals surface area (Å²) >= 11 is 0. The van der Waals surface area contributed by atoms with Gasteiger partial charge in [0.05, 0.1) is 11.3 Å². The van der Waals surface area contributed by atoms with Crippen molar-refractivity contribution in [2.45, 2.75) is 48.0 Å². The standard InChI is InChI=1S/C8H8O2.C4H8O.2C2H6/c1-6-4-2-3-5-7(6)8(9)10;1-3-4(2)5;2*1-2/h2-5H,1H3,(H,9,10);5H,2-3H2,1H3;2*1-2H3. The molecule has 0 amide bonds. The number of rotatable bonds is 2. The maximum Gasteiger partial charge on any atom is 0.335 e. The van der Waals surface area contributed by atoms with Crippen molar-refractivity contribution in [3.8, 4) is 0 Å². The van der Waals surface area contributed by atoms with Crippen LogP contribution in [0.3, 0.4) is 0 Å². The molecule has 0 bridgehead atoms. The van der Waals surface area contributed by atoms with E-state index in [1.807, 2.05) is 40.7 Å². The average Bonchev–Trinajstić information content (AvgIpc) is 2.44. The van der Waals surface area contributed by atoms with Crippen molar-refractivity contribution in [3.63, 3.8) is 0 Å². The van der Waals surface area contributed by atoms with E-state index >= 15 is 0 Å². The molecule has 0 spiro atoms. The molecule has 1 aromatic carbocycles. The Hall–Kier alpha value is -1.77. The molecule has 19 heavy (non-hydrogen) atoms. The predicted octanol–water partition coefficient (Wildman–Crippen LogP) is 5.21. The van der Waals surface area contributed by atoms with Crippen molar-refractivity contribution < 1.29 is 15.0 Å². The van der Waals surface area contributed by atoms with Gasteiger partial charge < -0.3 is 10.2 Å². The molecule has 0 aliphatic rings. The van der Waals surface area contributed by atoms with E-state index in [0.29, 0.717) is 12.0 Å². The molecule has 0 aliphatic heterocycles. The first kappa shape index (κ1) is 22.4. The second kappa shape index (κ2) is 16.2. The van der Waals surface area contributed by atoms with Crippen LogP contribution >= 0.6 is 0 Å². The van der Waals surface area contributed by atoms with E-state index in [9.17, 15) is 4.79 Å². The van der Waals surface area contributed by atoms with E-state index in [0.717, 1.165) is 5.56 Å². The Balaban J connectivity index is -0.000000242. The monoisotopic (exact) mass is 268 g/mol. The lowest BCUT2D eigenvalue weighted by atomic mass is 10.1. The zero-order valence-electron chi connectivity index (χ0n) is 13.0. The van der Waals surface area contributed by atoms with E-state index in [1.54, 1.807) is 25.1 Å². The molecular weight excluding hydrogens is 240 g/mol. The summed E-state index contributed by atoms with van der Waals surface area (Å²) in [7, 11) is 0. The SMILES string of the molecule is C=C(O)CC.CC.CC.Cc1ccccc1C(=O)O. The summed E-state index contributed by atoms with van der Waals surface area (Å²) in [6.45, 7) is 14.9. The highest BCUT2D eigenvalue weighted by Gasteiger charge is 2.02. The highest BCUT2D eigenvalue weighted by molar-refractivity contribution is 5.89. The van der Waals surface area contributed by atoms with Crippen molar-refractivity contribution in [1.82, 2.24) is 0 Å². The quantitative estimate of drug-likeness (QED) is 0.723. The topological polar surface area (TPSA) is 57.5 Å². The van der Waals surface area contributed by atoms with Gasteiger partial charge in [-0.1, -0.05) is 59.4 Å². The molecule has 3 nitrogen and oxygen atoms in total. The number of aliphatic hydroxyl groups is 1. The molecule has 0 unspecified atom stereocenters. The van der Waals surface area contributed by atoms with Crippen LogP contribution in [0.1, 0.15) is 57.0 Å². The van der Waals surface area contributed by atoms with Gasteiger partial charge in [-0.15, -0.1) is 0 Å². The number of carboxylic acid groups (broad SMARTS) is 1. The number of hydrogen-bond donors (Lipinski definition) is 2. The van der Waals surface area contributed by atoms with Crippen molar-refractivity contribution in [3.05, 3.63) is 47.7 Å². The molecule has 0 saturated heterocycles. The van der Waals surface area contributed by atoms with Crippen LogP contribution in [0.4, 0.5) is 0 Å². The Bertz CT molecular complexity index is 344. The normalized spacial score (nSPS) is 7.47. The minimum atomic E-state index is -0.863. The maximum atomic E-state index is 10.4. The molecule has 0 fully saturated rings. The number of carbonyl (C=O) groups is 1. The van der Waals surface area contributed by atoms with Crippen LogP contribution in [-0.4, -0.2) is 16.2 Å². The summed E-state index contributed by atoms with van der Waals surface area (Å²) in [5.74, 6) is -0.608. The van der Waals surface area contributed by atoms with Crippen LogP contribution in [-0.2, 0) is 0 Å². The van der Waals surface area contributed by atoms with Crippen LogP contribution in [0.25, 0.3) is 0 Å². The predicted molar refractivity (Wildman–Crippen MR) is 82.9 cm³/mol. The fraction of sp³-hybridized carbons (Fsp3) is 0.438. The van der Waals surface area contributed by atoms with E-state index in [-0.39, 0.29) is 5.76 Å². The summed E-state index contributed by atoms with van der Waals surface area (Å²) in [4.78, 5) is 10.4. The van der Waals surface area contributed by atoms with Gasteiger partial charge in [-0.3, -0.25) is 0 Å². The van der Waals surface area contributed by atoms with Gasteiger partial charge in [0.25, 0.3) is 0 Å². The van der Waals surface area contributed by atoms with Gasteiger partial charge >= 0.3 is 5.97 Å². The Morgan fingerprint density at radius 2 is 1.47 bits per heavy atom. The van der Waals surface area contributed by atoms with Gasteiger partial charge in [0.15, 0.2) is 0 Å². The fourth-order valence-corrected chi connectivity index (χ4v) is 0.813. The molecule has 0 saturated carbocycles. The van der Waals surface area contributed by atoms with E-state index in [2.05, 4.69) is 6.58 Å². The Labute approximate surface area is 117 Å². The number of aryl methyl sites for hydroxylation is 1. The molecule has 0 atom stereocenters. The Morgan fingerprint density at radius 1 is 1.11 bits per heavy atom. The molecular formula is C16H28O3. The average molecular weight is 268 g/mol. The third-order valence-electron chi connectivity index (χ3n) is 1.78. The van der Waals surface area contributed by atoms with Gasteiger partial charge in [0.2, 0.25) is 0 Å². The number of allylic oxidation sites excluding steroid dienone is 1. The fourth-order valence-electron chi connectivity index (χ4n) is 0.813. The summed E-state index contributed by atoms with van der Waals surface area (Å²) in [6, 6.07) is 6.92. The van der Waals surface area contributed by atoms with Gasteiger partial charge in [0, 0.05) is 6.42 Å². The first-order valence-corrected chi connectivity index (χ1v) is 6.64. The number of aromatic carboxylic acids is 1. The van der Waals surface area contributed by atoms with Crippen molar-refractivity contribution >= 4 is 5.97 Å². The van der Waals surface area contributed by atoms with Crippen LogP contribution in [0.15, 0.2) is 36.6 Å². The largest absolute Gasteiger partial charge is 0.513 e. The van der Waals surface area contributed by atoms with Crippen molar-refractivity contribution in [2.75, 3.05) is 0 Å². The molecule has 1 rings (SSSR count). The van der Waals surface area contributed by atoms with E-state index < -0.39 is 5.97 Å². The number of benzene rings is 1. The summed E-state index contributed by atoms with van der Waals surface area (Å²) < 4.78 is 0. The third-order valence-corrected chi connectivity index (χ3v) is 1.78. The molecule has 1 aromatic rings. The van der Waals surface area contributed by atoms with Crippen molar-refractivity contribution in [1.29, 1.82) is 0 Å². The second-order valence-corrected chi connectivity index (χ2v) is 3.04. The third kappa shape index (κ3) is 14.2. The van der Waals surface area contributed by atoms with Crippen LogP contribution in [0.5, 0.6) is 0 Å². The molecule has 0 heterocycles. The lowest BCUT2D eigenvalue weighted by Gasteiger charge is -1.96. The summed E-state index contributed by atoms with van der Waals surface area (Å²) in [5, 5.41) is 16.7. The van der Waals surface area contributed by atoms with E-state index in [1.165, 1.54) is 0 Å². The minimum absolute atomic E-state index is 0.255. The molecule has 3 heteroatoms. The number of aliphatic hydroxyl groups excluding tert-OH is 1. The minimum Gasteiger partial charge on any atom is -0.513 e. The first-order chi connectivity index (χ1) is 8.99. The Kier molecular flexibility index (Phi) is 19.1. The number of carboxylic acids is 1. The zero-order valence-corrected chi connectivity index (χ0v) is 13.0. The first-order valence-electron chi connectivity index (χ1n) is 6.64. The number of hydrogen-bond acceptors (Lipinski definition) is 2. The molecule has 0 radical (unpaired) electrons. The summed E-state index contributed by atoms with van der Waals surface area (Å²) in [6.07, 6.45) is 0.667. The van der Waals surface area contributed by atoms with Crippen molar-refractivity contribution in [2.24, 2.45) is 0 Å². The molecule has 110 valence electrons.